The molecular weight excluding hydrogens is 232 g/mol. The quantitative estimate of drug-likeness (QED) is 0.831. The van der Waals surface area contributed by atoms with Crippen LogP contribution in [0.3, 0.4) is 0 Å². The molecule has 0 bridgehead atoms. The number of hydrogen-bond acceptors (Lipinski definition) is 2. The molecule has 2 N–H and O–H groups in total. The molecule has 0 aliphatic rings. The third kappa shape index (κ3) is 3.55. The molecule has 0 amide bonds. The summed E-state index contributed by atoms with van der Waals surface area (Å²) in [5, 5.41) is 17.8. The highest BCUT2D eigenvalue weighted by Gasteiger charge is 2.20. The predicted octanol–water partition coefficient (Wildman–Crippen LogP) is 2.37. The Morgan fingerprint density at radius 3 is 2.06 bits per heavy atom. The van der Waals surface area contributed by atoms with E-state index in [0.717, 1.165) is 0 Å². The van der Waals surface area contributed by atoms with E-state index in [-0.39, 0.29) is 12.8 Å². The van der Waals surface area contributed by atoms with Crippen LogP contribution in [-0.4, -0.2) is 22.2 Å². The van der Waals surface area contributed by atoms with Gasteiger partial charge in [-0.1, -0.05) is 29.8 Å². The van der Waals surface area contributed by atoms with Crippen LogP contribution in [0.2, 0.25) is 5.02 Å². The third-order valence-electron chi connectivity index (χ3n) is 2.19. The van der Waals surface area contributed by atoms with E-state index in [1.807, 2.05) is 0 Å². The maximum atomic E-state index is 10.6. The fourth-order valence-corrected chi connectivity index (χ4v) is 1.81. The van der Waals surface area contributed by atoms with Crippen LogP contribution in [-0.2, 0) is 9.59 Å². The van der Waals surface area contributed by atoms with E-state index in [1.165, 1.54) is 0 Å². The Hall–Kier alpha value is -1.55. The standard InChI is InChI=1S/C11H11ClO4/c12-9-4-2-1-3-8(9)7(5-10(13)14)6-11(15)16/h1-4,7H,5-6H2,(H,13,14)(H,15,16). The van der Waals surface area contributed by atoms with Crippen molar-refractivity contribution in [2.75, 3.05) is 0 Å². The second-order valence-corrected chi connectivity index (χ2v) is 3.82. The molecule has 0 saturated carbocycles. The number of carbonyl (C=O) groups is 2. The lowest BCUT2D eigenvalue weighted by molar-refractivity contribution is -0.139. The first-order chi connectivity index (χ1) is 7.50. The maximum absolute atomic E-state index is 10.6. The zero-order valence-corrected chi connectivity index (χ0v) is 9.15. The fourth-order valence-electron chi connectivity index (χ4n) is 1.52. The number of carboxylic acids is 2. The van der Waals surface area contributed by atoms with Crippen molar-refractivity contribution in [3.05, 3.63) is 34.9 Å². The van der Waals surface area contributed by atoms with E-state index in [0.29, 0.717) is 10.6 Å². The lowest BCUT2D eigenvalue weighted by Crippen LogP contribution is -2.11. The van der Waals surface area contributed by atoms with Gasteiger partial charge in [-0.25, -0.2) is 0 Å². The molecule has 4 nitrogen and oxygen atoms in total. The van der Waals surface area contributed by atoms with Gasteiger partial charge >= 0.3 is 11.9 Å². The van der Waals surface area contributed by atoms with Gasteiger partial charge in [0.2, 0.25) is 0 Å². The predicted molar refractivity (Wildman–Crippen MR) is 58.7 cm³/mol. The van der Waals surface area contributed by atoms with Crippen LogP contribution in [0.5, 0.6) is 0 Å². The molecular formula is C11H11ClO4. The summed E-state index contributed by atoms with van der Waals surface area (Å²) in [7, 11) is 0. The van der Waals surface area contributed by atoms with Crippen molar-refractivity contribution in [2.45, 2.75) is 18.8 Å². The van der Waals surface area contributed by atoms with Gasteiger partial charge in [-0.3, -0.25) is 9.59 Å². The van der Waals surface area contributed by atoms with Crippen molar-refractivity contribution in [1.82, 2.24) is 0 Å². The number of carboxylic acid groups (broad SMARTS) is 2. The maximum Gasteiger partial charge on any atom is 0.303 e. The van der Waals surface area contributed by atoms with Gasteiger partial charge in [0.05, 0.1) is 12.8 Å². The lowest BCUT2D eigenvalue weighted by Gasteiger charge is -2.14. The van der Waals surface area contributed by atoms with Crippen molar-refractivity contribution >= 4 is 23.5 Å². The summed E-state index contributed by atoms with van der Waals surface area (Å²) in [6.07, 6.45) is -0.480. The molecule has 0 heterocycles. The number of aliphatic carboxylic acids is 2. The molecule has 0 unspecified atom stereocenters. The van der Waals surface area contributed by atoms with E-state index in [4.69, 9.17) is 21.8 Å². The molecule has 1 aromatic carbocycles. The molecule has 16 heavy (non-hydrogen) atoms. The van der Waals surface area contributed by atoms with Crippen LogP contribution in [0.25, 0.3) is 0 Å². The molecule has 0 spiro atoms. The second kappa shape index (κ2) is 5.51. The molecule has 0 aliphatic carbocycles. The largest absolute Gasteiger partial charge is 0.481 e. The number of hydrogen-bond donors (Lipinski definition) is 2. The van der Waals surface area contributed by atoms with Crippen molar-refractivity contribution in [3.8, 4) is 0 Å². The Bertz CT molecular complexity index is 387. The molecule has 0 aromatic heterocycles. The highest BCUT2D eigenvalue weighted by Crippen LogP contribution is 2.29. The van der Waals surface area contributed by atoms with Gasteiger partial charge in [0.1, 0.15) is 0 Å². The van der Waals surface area contributed by atoms with Crippen LogP contribution in [0.1, 0.15) is 24.3 Å². The van der Waals surface area contributed by atoms with E-state index in [1.54, 1.807) is 24.3 Å². The Balaban J connectivity index is 2.96. The normalized spacial score (nSPS) is 10.4. The third-order valence-corrected chi connectivity index (χ3v) is 2.53. The van der Waals surface area contributed by atoms with Crippen LogP contribution in [0.4, 0.5) is 0 Å². The minimum atomic E-state index is -1.04. The topological polar surface area (TPSA) is 74.6 Å². The second-order valence-electron chi connectivity index (χ2n) is 3.41. The molecule has 1 aromatic rings. The van der Waals surface area contributed by atoms with Crippen LogP contribution in [0.15, 0.2) is 24.3 Å². The van der Waals surface area contributed by atoms with Crippen LogP contribution >= 0.6 is 11.6 Å². The van der Waals surface area contributed by atoms with E-state index < -0.39 is 17.9 Å². The average Bonchev–Trinajstić information content (AvgIpc) is 2.15. The van der Waals surface area contributed by atoms with E-state index >= 15 is 0 Å². The zero-order valence-electron chi connectivity index (χ0n) is 8.39. The van der Waals surface area contributed by atoms with Crippen molar-refractivity contribution in [2.24, 2.45) is 0 Å². The first-order valence-corrected chi connectivity index (χ1v) is 5.06. The summed E-state index contributed by atoms with van der Waals surface area (Å²) in [6, 6.07) is 6.69. The highest BCUT2D eigenvalue weighted by molar-refractivity contribution is 6.31. The molecule has 0 fully saturated rings. The Kier molecular flexibility index (Phi) is 4.31. The summed E-state index contributed by atoms with van der Waals surface area (Å²) < 4.78 is 0. The lowest BCUT2D eigenvalue weighted by atomic mass is 9.92. The summed E-state index contributed by atoms with van der Waals surface area (Å²) in [5.41, 5.74) is 0.564. The highest BCUT2D eigenvalue weighted by atomic mass is 35.5. The van der Waals surface area contributed by atoms with Crippen molar-refractivity contribution in [1.29, 1.82) is 0 Å². The monoisotopic (exact) mass is 242 g/mol. The summed E-state index contributed by atoms with van der Waals surface area (Å²) >= 11 is 5.90. The zero-order chi connectivity index (χ0) is 12.1. The smallest absolute Gasteiger partial charge is 0.303 e. The molecule has 0 saturated heterocycles. The summed E-state index contributed by atoms with van der Waals surface area (Å²) in [4.78, 5) is 21.3. The van der Waals surface area contributed by atoms with Gasteiger partial charge in [0.25, 0.3) is 0 Å². The first-order valence-electron chi connectivity index (χ1n) is 4.68. The van der Waals surface area contributed by atoms with Crippen LogP contribution < -0.4 is 0 Å². The Morgan fingerprint density at radius 1 is 1.12 bits per heavy atom. The fraction of sp³-hybridized carbons (Fsp3) is 0.273. The van der Waals surface area contributed by atoms with Gasteiger partial charge in [-0.05, 0) is 11.6 Å². The van der Waals surface area contributed by atoms with Crippen molar-refractivity contribution < 1.29 is 19.8 Å². The minimum absolute atomic E-state index is 0.240. The average molecular weight is 243 g/mol. The molecule has 0 atom stereocenters. The van der Waals surface area contributed by atoms with Gasteiger partial charge < -0.3 is 10.2 Å². The Labute approximate surface area is 97.5 Å². The molecule has 5 heteroatoms. The molecule has 0 radical (unpaired) electrons. The van der Waals surface area contributed by atoms with Gasteiger partial charge in [-0.2, -0.15) is 0 Å². The van der Waals surface area contributed by atoms with Crippen molar-refractivity contribution in [3.63, 3.8) is 0 Å². The molecule has 0 aliphatic heterocycles. The summed E-state index contributed by atoms with van der Waals surface area (Å²) in [6.45, 7) is 0. The van der Waals surface area contributed by atoms with Gasteiger partial charge in [0, 0.05) is 10.9 Å². The summed E-state index contributed by atoms with van der Waals surface area (Å²) in [5.74, 6) is -2.67. The minimum Gasteiger partial charge on any atom is -0.481 e. The Morgan fingerprint density at radius 2 is 1.62 bits per heavy atom. The van der Waals surface area contributed by atoms with Gasteiger partial charge in [0.15, 0.2) is 0 Å². The van der Waals surface area contributed by atoms with Crippen LogP contribution in [0, 0.1) is 0 Å². The number of rotatable bonds is 5. The number of halogens is 1. The molecule has 86 valence electrons. The van der Waals surface area contributed by atoms with E-state index in [9.17, 15) is 9.59 Å². The van der Waals surface area contributed by atoms with Gasteiger partial charge in [-0.15, -0.1) is 0 Å². The first kappa shape index (κ1) is 12.5. The van der Waals surface area contributed by atoms with E-state index in [2.05, 4.69) is 0 Å². The SMILES string of the molecule is O=C(O)CC(CC(=O)O)c1ccccc1Cl. The molecule has 1 rings (SSSR count). The number of benzene rings is 1.